The third-order valence-electron chi connectivity index (χ3n) is 8.46. The van der Waals surface area contributed by atoms with Crippen LogP contribution in [0.15, 0.2) is 11.6 Å². The number of hydrogen-bond donors (Lipinski definition) is 1. The summed E-state index contributed by atoms with van der Waals surface area (Å²) in [5.41, 5.74) is 0.0804. The Kier molecular flexibility index (Phi) is 5.16. The van der Waals surface area contributed by atoms with Gasteiger partial charge in [0.15, 0.2) is 5.78 Å². The maximum atomic E-state index is 11.9. The number of esters is 1. The molecule has 28 heavy (non-hydrogen) atoms. The van der Waals surface area contributed by atoms with Crippen molar-refractivity contribution in [2.45, 2.75) is 76.7 Å². The molecule has 4 nitrogen and oxygen atoms in total. The minimum absolute atomic E-state index is 0.255. The van der Waals surface area contributed by atoms with Crippen molar-refractivity contribution < 1.29 is 19.4 Å². The number of terminal acetylenes is 1. The lowest BCUT2D eigenvalue weighted by molar-refractivity contribution is -0.142. The maximum absolute atomic E-state index is 11.9. The molecule has 6 atom stereocenters. The Labute approximate surface area is 168 Å². The van der Waals surface area contributed by atoms with Gasteiger partial charge in [-0.15, -0.1) is 6.42 Å². The van der Waals surface area contributed by atoms with E-state index in [1.807, 2.05) is 6.08 Å². The first-order valence-corrected chi connectivity index (χ1v) is 11.0. The SMILES string of the molecule is C#C[C@]1(O)CC[C@H]2[C@@H]3CCC4=CC(=O)CC[C@@H]4[C@H]3CC[C@@]21CCCOC(C)=O. The molecule has 1 N–H and O–H groups in total. The number of hydrogen-bond acceptors (Lipinski definition) is 4. The molecular formula is C24H32O4. The lowest BCUT2D eigenvalue weighted by Gasteiger charge is -2.56. The number of ketones is 1. The van der Waals surface area contributed by atoms with Crippen molar-refractivity contribution in [2.24, 2.45) is 29.1 Å². The summed E-state index contributed by atoms with van der Waals surface area (Å²) in [6.45, 7) is 1.83. The summed E-state index contributed by atoms with van der Waals surface area (Å²) in [7, 11) is 0. The first-order valence-electron chi connectivity index (χ1n) is 11.0. The normalized spacial score (nSPS) is 41.9. The summed E-state index contributed by atoms with van der Waals surface area (Å²) in [6.07, 6.45) is 16.9. The zero-order valence-corrected chi connectivity index (χ0v) is 16.9. The second-order valence-electron chi connectivity index (χ2n) is 9.49. The minimum atomic E-state index is -1.04. The molecule has 0 spiro atoms. The van der Waals surface area contributed by atoms with Crippen molar-refractivity contribution in [1.29, 1.82) is 0 Å². The third kappa shape index (κ3) is 3.03. The van der Waals surface area contributed by atoms with Gasteiger partial charge in [0, 0.05) is 18.8 Å². The standard InChI is InChI=1S/C24H32O4/c1-3-24(27)13-10-22-21-7-5-17-15-18(26)6-8-19(17)20(21)9-12-23(22,24)11-4-14-28-16(2)25/h1,15,19-22,27H,4-14H2,2H3/t19-,20+,21+,22-,23-,24-/m0/s1. The van der Waals surface area contributed by atoms with E-state index in [9.17, 15) is 14.7 Å². The van der Waals surface area contributed by atoms with Crippen LogP contribution in [0.25, 0.3) is 0 Å². The van der Waals surface area contributed by atoms with Gasteiger partial charge >= 0.3 is 5.97 Å². The molecule has 3 saturated carbocycles. The van der Waals surface area contributed by atoms with Gasteiger partial charge in [-0.1, -0.05) is 11.5 Å². The zero-order chi connectivity index (χ0) is 19.9. The van der Waals surface area contributed by atoms with E-state index in [4.69, 9.17) is 11.2 Å². The predicted molar refractivity (Wildman–Crippen MR) is 106 cm³/mol. The number of carbonyl (C=O) groups is 2. The van der Waals surface area contributed by atoms with Crippen LogP contribution in [0.2, 0.25) is 0 Å². The average molecular weight is 385 g/mol. The molecule has 0 aromatic rings. The Morgan fingerprint density at radius 2 is 2.07 bits per heavy atom. The van der Waals surface area contributed by atoms with E-state index in [-0.39, 0.29) is 11.4 Å². The molecule has 0 aromatic carbocycles. The lowest BCUT2D eigenvalue weighted by atomic mass is 9.49. The monoisotopic (exact) mass is 384 g/mol. The van der Waals surface area contributed by atoms with Crippen LogP contribution in [0.5, 0.6) is 0 Å². The molecule has 152 valence electrons. The van der Waals surface area contributed by atoms with E-state index in [2.05, 4.69) is 5.92 Å². The smallest absolute Gasteiger partial charge is 0.302 e. The number of fused-ring (bicyclic) bond motifs is 5. The van der Waals surface area contributed by atoms with E-state index in [1.165, 1.54) is 12.5 Å². The number of carbonyl (C=O) groups excluding carboxylic acids is 2. The topological polar surface area (TPSA) is 63.6 Å². The lowest BCUT2D eigenvalue weighted by Crippen LogP contribution is -2.53. The van der Waals surface area contributed by atoms with Crippen LogP contribution in [-0.2, 0) is 14.3 Å². The third-order valence-corrected chi connectivity index (χ3v) is 8.46. The summed E-state index contributed by atoms with van der Waals surface area (Å²) in [5, 5.41) is 11.4. The average Bonchev–Trinajstić information content (AvgIpc) is 2.98. The molecule has 4 heteroatoms. The predicted octanol–water partition coefficient (Wildman–Crippen LogP) is 3.82. The molecule has 0 heterocycles. The van der Waals surface area contributed by atoms with Crippen molar-refractivity contribution in [1.82, 2.24) is 0 Å². The van der Waals surface area contributed by atoms with Gasteiger partial charge in [-0.3, -0.25) is 9.59 Å². The minimum Gasteiger partial charge on any atom is -0.466 e. The van der Waals surface area contributed by atoms with Gasteiger partial charge in [-0.05, 0) is 87.5 Å². The van der Waals surface area contributed by atoms with E-state index in [1.54, 1.807) is 0 Å². The van der Waals surface area contributed by atoms with Gasteiger partial charge in [0.05, 0.1) is 6.61 Å². The summed E-state index contributed by atoms with van der Waals surface area (Å²) in [5.74, 6) is 5.01. The fourth-order valence-corrected chi connectivity index (χ4v) is 7.35. The van der Waals surface area contributed by atoms with E-state index < -0.39 is 5.60 Å². The molecule has 0 unspecified atom stereocenters. The maximum Gasteiger partial charge on any atom is 0.302 e. The molecule has 0 radical (unpaired) electrons. The van der Waals surface area contributed by atoms with E-state index >= 15 is 0 Å². The molecule has 0 aromatic heterocycles. The van der Waals surface area contributed by atoms with Gasteiger partial charge < -0.3 is 9.84 Å². The van der Waals surface area contributed by atoms with Crippen LogP contribution in [0.4, 0.5) is 0 Å². The van der Waals surface area contributed by atoms with Crippen LogP contribution < -0.4 is 0 Å². The molecule has 4 aliphatic rings. The summed E-state index contributed by atoms with van der Waals surface area (Å²) >= 11 is 0. The number of allylic oxidation sites excluding steroid dienone is 1. The highest BCUT2D eigenvalue weighted by Crippen LogP contribution is 2.66. The Hall–Kier alpha value is -1.60. The molecule has 0 saturated heterocycles. The quantitative estimate of drug-likeness (QED) is 0.455. The molecular weight excluding hydrogens is 352 g/mol. The summed E-state index contributed by atoms with van der Waals surface area (Å²) in [4.78, 5) is 23.0. The van der Waals surface area contributed by atoms with Crippen LogP contribution in [0.3, 0.4) is 0 Å². The van der Waals surface area contributed by atoms with Crippen molar-refractivity contribution in [2.75, 3.05) is 6.61 Å². The summed E-state index contributed by atoms with van der Waals surface area (Å²) < 4.78 is 5.16. The molecule has 0 aliphatic heterocycles. The van der Waals surface area contributed by atoms with Crippen LogP contribution in [0, 0.1) is 41.4 Å². The molecule has 4 aliphatic carbocycles. The van der Waals surface area contributed by atoms with Crippen LogP contribution >= 0.6 is 0 Å². The number of aliphatic hydroxyl groups is 1. The molecule has 3 fully saturated rings. The highest BCUT2D eigenvalue weighted by Gasteiger charge is 2.63. The highest BCUT2D eigenvalue weighted by atomic mass is 16.5. The molecule has 0 bridgehead atoms. The second kappa shape index (κ2) is 7.34. The Morgan fingerprint density at radius 1 is 1.25 bits per heavy atom. The molecule has 0 amide bonds. The van der Waals surface area contributed by atoms with Crippen LogP contribution in [0.1, 0.15) is 71.1 Å². The first kappa shape index (κ1) is 19.7. The van der Waals surface area contributed by atoms with Gasteiger partial charge in [0.25, 0.3) is 0 Å². The fraction of sp³-hybridized carbons (Fsp3) is 0.750. The fourth-order valence-electron chi connectivity index (χ4n) is 7.35. The Bertz CT molecular complexity index is 731. The van der Waals surface area contributed by atoms with E-state index in [0.717, 1.165) is 51.4 Å². The van der Waals surface area contributed by atoms with Crippen LogP contribution in [-0.4, -0.2) is 29.1 Å². The van der Waals surface area contributed by atoms with Crippen molar-refractivity contribution in [3.63, 3.8) is 0 Å². The van der Waals surface area contributed by atoms with Crippen molar-refractivity contribution in [3.8, 4) is 12.3 Å². The number of rotatable bonds is 4. The molecule has 4 rings (SSSR count). The van der Waals surface area contributed by atoms with Crippen molar-refractivity contribution >= 4 is 11.8 Å². The number of ether oxygens (including phenoxy) is 1. The summed E-state index contributed by atoms with van der Waals surface area (Å²) in [6, 6.07) is 0. The van der Waals surface area contributed by atoms with Gasteiger partial charge in [0.1, 0.15) is 5.60 Å². The Morgan fingerprint density at radius 3 is 2.82 bits per heavy atom. The second-order valence-corrected chi connectivity index (χ2v) is 9.49. The van der Waals surface area contributed by atoms with Gasteiger partial charge in [-0.25, -0.2) is 0 Å². The Balaban J connectivity index is 1.57. The zero-order valence-electron chi connectivity index (χ0n) is 16.9. The largest absolute Gasteiger partial charge is 0.466 e. The van der Waals surface area contributed by atoms with E-state index in [0.29, 0.717) is 48.9 Å². The highest BCUT2D eigenvalue weighted by molar-refractivity contribution is 5.91. The van der Waals surface area contributed by atoms with Gasteiger partial charge in [0.2, 0.25) is 0 Å². The van der Waals surface area contributed by atoms with Crippen molar-refractivity contribution in [3.05, 3.63) is 11.6 Å². The first-order chi connectivity index (χ1) is 13.4. The van der Waals surface area contributed by atoms with Gasteiger partial charge in [-0.2, -0.15) is 0 Å².